The largest absolute Gasteiger partial charge is 0.383 e. The van der Waals surface area contributed by atoms with Crippen molar-refractivity contribution in [2.45, 2.75) is 40.7 Å². The molecule has 0 aromatic heterocycles. The number of hydrogen-bond donors (Lipinski definition) is 1. The number of hydrogen-bond acceptors (Lipinski definition) is 4. The minimum atomic E-state index is -3.56. The first-order valence-electron chi connectivity index (χ1n) is 9.65. The molecule has 0 atom stereocenters. The van der Waals surface area contributed by atoms with E-state index < -0.39 is 10.1 Å². The van der Waals surface area contributed by atoms with Gasteiger partial charge in [0.25, 0.3) is 0 Å². The minimum Gasteiger partial charge on any atom is -0.383 e. The molecular formula is C22H30N2O4S. The molecule has 2 rings (SSSR count). The highest BCUT2D eigenvalue weighted by atomic mass is 32.2. The van der Waals surface area contributed by atoms with Crippen molar-refractivity contribution in [3.05, 3.63) is 59.2 Å². The number of carbonyl (C=O) groups is 1. The van der Waals surface area contributed by atoms with Gasteiger partial charge in [-0.3, -0.25) is 0 Å². The zero-order chi connectivity index (χ0) is 21.6. The lowest BCUT2D eigenvalue weighted by Crippen LogP contribution is -2.36. The highest BCUT2D eigenvalue weighted by Crippen LogP contribution is 2.20. The van der Waals surface area contributed by atoms with Gasteiger partial charge in [-0.05, 0) is 61.1 Å². The average molecular weight is 419 g/mol. The second-order valence-corrected chi connectivity index (χ2v) is 9.29. The lowest BCUT2D eigenvalue weighted by atomic mass is 10.1. The molecule has 0 spiro atoms. The van der Waals surface area contributed by atoms with Gasteiger partial charge < -0.3 is 14.4 Å². The van der Waals surface area contributed by atoms with E-state index in [1.54, 1.807) is 29.2 Å². The molecule has 0 aliphatic carbocycles. The number of amides is 2. The first-order chi connectivity index (χ1) is 13.5. The van der Waals surface area contributed by atoms with Crippen molar-refractivity contribution in [2.75, 3.05) is 18.1 Å². The van der Waals surface area contributed by atoms with Crippen molar-refractivity contribution in [1.29, 1.82) is 0 Å². The average Bonchev–Trinajstić information content (AvgIpc) is 2.62. The molecule has 0 aliphatic heterocycles. The van der Waals surface area contributed by atoms with Crippen LogP contribution in [0.2, 0.25) is 0 Å². The molecule has 2 aromatic carbocycles. The summed E-state index contributed by atoms with van der Waals surface area (Å²) in [5.74, 6) is 0.723. The van der Waals surface area contributed by atoms with E-state index in [2.05, 4.69) is 19.2 Å². The van der Waals surface area contributed by atoms with Gasteiger partial charge in [0.2, 0.25) is 0 Å². The maximum absolute atomic E-state index is 13.0. The van der Waals surface area contributed by atoms with Crippen LogP contribution >= 0.6 is 0 Å². The quantitative estimate of drug-likeness (QED) is 0.629. The molecule has 7 heteroatoms. The molecule has 0 heterocycles. The van der Waals surface area contributed by atoms with E-state index in [9.17, 15) is 13.2 Å². The SMILES string of the molecule is Cc1cccc(NC(=O)N(CCC(C)C)Cc2ccc(OS(C)(=O)=O)cc2)c1C. The Balaban J connectivity index is 2.14. The number of rotatable bonds is 8. The monoisotopic (exact) mass is 418 g/mol. The maximum Gasteiger partial charge on any atom is 0.322 e. The fourth-order valence-electron chi connectivity index (χ4n) is 2.79. The second-order valence-electron chi connectivity index (χ2n) is 7.71. The maximum atomic E-state index is 13.0. The third-order valence-corrected chi connectivity index (χ3v) is 5.15. The Morgan fingerprint density at radius 2 is 1.76 bits per heavy atom. The molecule has 1 N–H and O–H groups in total. The summed E-state index contributed by atoms with van der Waals surface area (Å²) < 4.78 is 27.4. The summed E-state index contributed by atoms with van der Waals surface area (Å²) in [5.41, 5.74) is 3.87. The topological polar surface area (TPSA) is 75.7 Å². The molecule has 2 amide bonds. The van der Waals surface area contributed by atoms with Gasteiger partial charge in [-0.25, -0.2) is 4.79 Å². The van der Waals surface area contributed by atoms with Crippen LogP contribution in [-0.4, -0.2) is 32.1 Å². The van der Waals surface area contributed by atoms with Crippen molar-refractivity contribution in [3.8, 4) is 5.75 Å². The van der Waals surface area contributed by atoms with Crippen LogP contribution in [0.3, 0.4) is 0 Å². The first kappa shape index (κ1) is 22.7. The summed E-state index contributed by atoms with van der Waals surface area (Å²) in [4.78, 5) is 14.7. The van der Waals surface area contributed by atoms with Crippen LogP contribution in [0.15, 0.2) is 42.5 Å². The van der Waals surface area contributed by atoms with Crippen LogP contribution in [0.25, 0.3) is 0 Å². The Morgan fingerprint density at radius 1 is 1.10 bits per heavy atom. The molecule has 29 heavy (non-hydrogen) atoms. The second kappa shape index (κ2) is 9.78. The van der Waals surface area contributed by atoms with E-state index in [4.69, 9.17) is 4.18 Å². The molecular weight excluding hydrogens is 388 g/mol. The number of anilines is 1. The normalized spacial score (nSPS) is 11.4. The Labute approximate surface area is 174 Å². The van der Waals surface area contributed by atoms with Crippen LogP contribution < -0.4 is 9.50 Å². The standard InChI is InChI=1S/C22H30N2O4S/c1-16(2)13-14-24(22(25)23-21-8-6-7-17(3)18(21)4)15-19-9-11-20(12-10-19)28-29(5,26)27/h6-12,16H,13-15H2,1-5H3,(H,23,25). The van der Waals surface area contributed by atoms with Crippen LogP contribution in [-0.2, 0) is 16.7 Å². The van der Waals surface area contributed by atoms with E-state index in [0.29, 0.717) is 19.0 Å². The lowest BCUT2D eigenvalue weighted by molar-refractivity contribution is 0.205. The summed E-state index contributed by atoms with van der Waals surface area (Å²) in [6.07, 6.45) is 1.89. The third kappa shape index (κ3) is 7.42. The summed E-state index contributed by atoms with van der Waals surface area (Å²) in [6.45, 7) is 9.29. The molecule has 0 fully saturated rings. The summed E-state index contributed by atoms with van der Waals surface area (Å²) >= 11 is 0. The molecule has 0 bridgehead atoms. The van der Waals surface area contributed by atoms with Gasteiger partial charge in [-0.1, -0.05) is 38.1 Å². The van der Waals surface area contributed by atoms with Crippen LogP contribution in [0.5, 0.6) is 5.75 Å². The van der Waals surface area contributed by atoms with Gasteiger partial charge in [0, 0.05) is 18.8 Å². The van der Waals surface area contributed by atoms with Gasteiger partial charge in [0.1, 0.15) is 5.75 Å². The van der Waals surface area contributed by atoms with Crippen LogP contribution in [0.1, 0.15) is 37.0 Å². The van der Waals surface area contributed by atoms with Gasteiger partial charge in [0.05, 0.1) is 6.26 Å². The fraction of sp³-hybridized carbons (Fsp3) is 0.409. The van der Waals surface area contributed by atoms with Crippen LogP contribution in [0.4, 0.5) is 10.5 Å². The van der Waals surface area contributed by atoms with E-state index in [-0.39, 0.29) is 11.8 Å². The highest BCUT2D eigenvalue weighted by Gasteiger charge is 2.16. The van der Waals surface area contributed by atoms with E-state index in [0.717, 1.165) is 35.1 Å². The molecule has 0 saturated carbocycles. The molecule has 158 valence electrons. The molecule has 0 aliphatic rings. The van der Waals surface area contributed by atoms with Gasteiger partial charge in [-0.2, -0.15) is 8.42 Å². The minimum absolute atomic E-state index is 0.157. The molecule has 0 radical (unpaired) electrons. The highest BCUT2D eigenvalue weighted by molar-refractivity contribution is 7.86. The van der Waals surface area contributed by atoms with Crippen molar-refractivity contribution in [1.82, 2.24) is 4.90 Å². The van der Waals surface area contributed by atoms with Crippen molar-refractivity contribution in [2.24, 2.45) is 5.92 Å². The molecule has 2 aromatic rings. The van der Waals surface area contributed by atoms with Gasteiger partial charge in [0.15, 0.2) is 0 Å². The number of urea groups is 1. The fourth-order valence-corrected chi connectivity index (χ4v) is 3.25. The number of nitrogens with zero attached hydrogens (tertiary/aromatic N) is 1. The van der Waals surface area contributed by atoms with E-state index in [1.165, 1.54) is 0 Å². The van der Waals surface area contributed by atoms with Gasteiger partial charge >= 0.3 is 16.1 Å². The molecule has 0 unspecified atom stereocenters. The predicted octanol–water partition coefficient (Wildman–Crippen LogP) is 4.72. The Hall–Kier alpha value is -2.54. The first-order valence-corrected chi connectivity index (χ1v) is 11.5. The van der Waals surface area contributed by atoms with Crippen molar-refractivity contribution >= 4 is 21.8 Å². The van der Waals surface area contributed by atoms with E-state index >= 15 is 0 Å². The van der Waals surface area contributed by atoms with Crippen LogP contribution in [0, 0.1) is 19.8 Å². The van der Waals surface area contributed by atoms with Crippen molar-refractivity contribution in [3.63, 3.8) is 0 Å². The number of aryl methyl sites for hydroxylation is 1. The zero-order valence-corrected chi connectivity index (χ0v) is 18.5. The summed E-state index contributed by atoms with van der Waals surface area (Å²) in [7, 11) is -3.56. The summed E-state index contributed by atoms with van der Waals surface area (Å²) in [6, 6.07) is 12.4. The smallest absolute Gasteiger partial charge is 0.322 e. The number of carbonyl (C=O) groups excluding carboxylic acids is 1. The Kier molecular flexibility index (Phi) is 7.67. The third-order valence-electron chi connectivity index (χ3n) is 4.65. The van der Waals surface area contributed by atoms with Gasteiger partial charge in [-0.15, -0.1) is 0 Å². The molecule has 6 nitrogen and oxygen atoms in total. The molecule has 0 saturated heterocycles. The Morgan fingerprint density at radius 3 is 2.34 bits per heavy atom. The number of nitrogens with one attached hydrogen (secondary N) is 1. The summed E-state index contributed by atoms with van der Waals surface area (Å²) in [5, 5.41) is 3.02. The van der Waals surface area contributed by atoms with Crippen molar-refractivity contribution < 1.29 is 17.4 Å². The zero-order valence-electron chi connectivity index (χ0n) is 17.7. The number of benzene rings is 2. The Bertz CT molecular complexity index is 938. The van der Waals surface area contributed by atoms with E-state index in [1.807, 2.05) is 32.0 Å². The predicted molar refractivity (Wildman–Crippen MR) is 117 cm³/mol. The lowest BCUT2D eigenvalue weighted by Gasteiger charge is -2.25.